The van der Waals surface area contributed by atoms with Gasteiger partial charge in [0.1, 0.15) is 16.4 Å². The van der Waals surface area contributed by atoms with Crippen molar-refractivity contribution in [3.05, 3.63) is 93.9 Å². The summed E-state index contributed by atoms with van der Waals surface area (Å²) < 4.78 is 6.92. The van der Waals surface area contributed by atoms with Gasteiger partial charge >= 0.3 is 5.97 Å². The Labute approximate surface area is 188 Å². The van der Waals surface area contributed by atoms with Gasteiger partial charge in [-0.25, -0.2) is 4.79 Å². The Morgan fingerprint density at radius 2 is 1.66 bits per heavy atom. The average molecular weight is 445 g/mol. The first-order valence-corrected chi connectivity index (χ1v) is 10.7. The number of carboxylic acids is 1. The highest BCUT2D eigenvalue weighted by Crippen LogP contribution is 2.43. The second kappa shape index (κ2) is 8.69. The number of benzene rings is 3. The molecule has 0 atom stereocenters. The van der Waals surface area contributed by atoms with Crippen molar-refractivity contribution < 1.29 is 24.5 Å². The van der Waals surface area contributed by atoms with Gasteiger partial charge in [-0.2, -0.15) is 0 Å². The zero-order valence-corrected chi connectivity index (χ0v) is 18.3. The smallest absolute Gasteiger partial charge is 0.328 e. The number of carboxylic acid groups (broad SMARTS) is 1. The van der Waals surface area contributed by atoms with Crippen molar-refractivity contribution >= 4 is 39.3 Å². The predicted molar refractivity (Wildman–Crippen MR) is 126 cm³/mol. The van der Waals surface area contributed by atoms with Gasteiger partial charge in [0.05, 0.1) is 0 Å². The molecular weight excluding hydrogens is 424 g/mol. The number of fused-ring (bicyclic) bond motifs is 1. The summed E-state index contributed by atoms with van der Waals surface area (Å²) in [5.74, 6) is -0.0801. The minimum Gasteiger partial charge on any atom is -0.508 e. The van der Waals surface area contributed by atoms with Crippen molar-refractivity contribution in [1.82, 2.24) is 0 Å². The van der Waals surface area contributed by atoms with Crippen molar-refractivity contribution in [1.29, 1.82) is 0 Å². The van der Waals surface area contributed by atoms with E-state index in [0.29, 0.717) is 27.5 Å². The van der Waals surface area contributed by atoms with Gasteiger partial charge in [0.15, 0.2) is 5.75 Å². The number of aromatic hydroxyl groups is 1. The fourth-order valence-electron chi connectivity index (χ4n) is 3.53. The summed E-state index contributed by atoms with van der Waals surface area (Å²) in [6.07, 6.45) is 2.56. The number of ether oxygens (including phenoxy) is 1. The summed E-state index contributed by atoms with van der Waals surface area (Å²) in [6.45, 7) is 3.81. The predicted octanol–water partition coefficient (Wildman–Crippen LogP) is 6.34. The Kier molecular flexibility index (Phi) is 5.79. The van der Waals surface area contributed by atoms with Crippen LogP contribution in [-0.2, 0) is 4.79 Å². The molecule has 1 heterocycles. The zero-order valence-electron chi connectivity index (χ0n) is 17.5. The number of carbonyl (C=O) groups is 2. The highest BCUT2D eigenvalue weighted by Gasteiger charge is 2.24. The topological polar surface area (TPSA) is 83.8 Å². The fourth-order valence-corrected chi connectivity index (χ4v) is 4.64. The summed E-state index contributed by atoms with van der Waals surface area (Å²) in [6, 6.07) is 17.6. The molecule has 0 aliphatic carbocycles. The van der Waals surface area contributed by atoms with E-state index in [1.807, 2.05) is 32.0 Å². The van der Waals surface area contributed by atoms with Crippen LogP contribution in [-0.4, -0.2) is 22.0 Å². The molecule has 3 aromatic carbocycles. The first kappa shape index (κ1) is 21.3. The van der Waals surface area contributed by atoms with Gasteiger partial charge in [-0.05, 0) is 66.9 Å². The van der Waals surface area contributed by atoms with Crippen LogP contribution in [0.3, 0.4) is 0 Å². The minimum absolute atomic E-state index is 0.117. The third-order valence-electron chi connectivity index (χ3n) is 5.06. The molecule has 4 rings (SSSR count). The second-order valence-electron chi connectivity index (χ2n) is 7.38. The molecular formula is C26H20O5S. The van der Waals surface area contributed by atoms with E-state index >= 15 is 0 Å². The van der Waals surface area contributed by atoms with E-state index in [1.165, 1.54) is 17.4 Å². The minimum atomic E-state index is -1.02. The number of hydrogen-bond acceptors (Lipinski definition) is 5. The molecule has 0 fully saturated rings. The van der Waals surface area contributed by atoms with Crippen LogP contribution in [0.1, 0.15) is 31.9 Å². The normalized spacial score (nSPS) is 11.2. The Morgan fingerprint density at radius 1 is 0.969 bits per heavy atom. The molecule has 32 heavy (non-hydrogen) atoms. The van der Waals surface area contributed by atoms with Crippen LogP contribution in [0.4, 0.5) is 0 Å². The Balaban J connectivity index is 1.78. The molecule has 0 aliphatic rings. The molecule has 4 aromatic rings. The van der Waals surface area contributed by atoms with Crippen molar-refractivity contribution in [3.63, 3.8) is 0 Å². The summed E-state index contributed by atoms with van der Waals surface area (Å²) in [4.78, 5) is 24.7. The van der Waals surface area contributed by atoms with E-state index in [9.17, 15) is 14.7 Å². The molecule has 160 valence electrons. The number of ketones is 1. The van der Waals surface area contributed by atoms with Crippen molar-refractivity contribution in [3.8, 4) is 17.2 Å². The summed E-state index contributed by atoms with van der Waals surface area (Å²) >= 11 is 1.28. The second-order valence-corrected chi connectivity index (χ2v) is 8.43. The Hall–Kier alpha value is -3.90. The first-order valence-electron chi connectivity index (χ1n) is 9.89. The van der Waals surface area contributed by atoms with Crippen LogP contribution in [0.2, 0.25) is 0 Å². The number of rotatable bonds is 6. The van der Waals surface area contributed by atoms with Gasteiger partial charge in [0.25, 0.3) is 0 Å². The largest absolute Gasteiger partial charge is 0.508 e. The number of phenols is 1. The van der Waals surface area contributed by atoms with Crippen molar-refractivity contribution in [2.24, 2.45) is 0 Å². The highest BCUT2D eigenvalue weighted by atomic mass is 32.1. The van der Waals surface area contributed by atoms with Gasteiger partial charge in [0, 0.05) is 21.7 Å². The SMILES string of the molecule is Cc1cccc(C)c1C(=O)c1sc2cc(O)ccc2c1Oc1ccc(/C=C/C(=O)O)cc1. The maximum absolute atomic E-state index is 13.6. The number of aryl methyl sites for hydroxylation is 2. The fraction of sp³-hybridized carbons (Fsp3) is 0.0769. The van der Waals surface area contributed by atoms with Crippen LogP contribution in [0, 0.1) is 13.8 Å². The van der Waals surface area contributed by atoms with E-state index in [1.54, 1.807) is 42.5 Å². The van der Waals surface area contributed by atoms with Crippen LogP contribution >= 0.6 is 11.3 Å². The van der Waals surface area contributed by atoms with Crippen molar-refractivity contribution in [2.75, 3.05) is 0 Å². The molecule has 0 bridgehead atoms. The van der Waals surface area contributed by atoms with Gasteiger partial charge in [-0.1, -0.05) is 30.3 Å². The van der Waals surface area contributed by atoms with E-state index in [4.69, 9.17) is 9.84 Å². The number of aliphatic carboxylic acids is 1. The van der Waals surface area contributed by atoms with E-state index in [-0.39, 0.29) is 11.5 Å². The van der Waals surface area contributed by atoms with Gasteiger partial charge < -0.3 is 14.9 Å². The summed E-state index contributed by atoms with van der Waals surface area (Å²) in [5, 5.41) is 19.4. The highest BCUT2D eigenvalue weighted by molar-refractivity contribution is 7.21. The summed E-state index contributed by atoms with van der Waals surface area (Å²) in [7, 11) is 0. The third-order valence-corrected chi connectivity index (χ3v) is 6.19. The van der Waals surface area contributed by atoms with E-state index in [0.717, 1.165) is 27.3 Å². The van der Waals surface area contributed by atoms with E-state index < -0.39 is 5.97 Å². The average Bonchev–Trinajstić information content (AvgIpc) is 3.10. The van der Waals surface area contributed by atoms with Crippen LogP contribution < -0.4 is 4.74 Å². The number of phenolic OH excluding ortho intramolecular Hbond substituents is 1. The van der Waals surface area contributed by atoms with Gasteiger partial charge in [0.2, 0.25) is 5.78 Å². The molecule has 0 saturated heterocycles. The standard InChI is InChI=1S/C26H20O5S/c1-15-4-3-5-16(2)23(15)24(30)26-25(20-12-9-18(27)14-21(20)32-26)31-19-10-6-17(7-11-19)8-13-22(28)29/h3-14,27H,1-2H3,(H,28,29)/b13-8+. The van der Waals surface area contributed by atoms with Crippen LogP contribution in [0.25, 0.3) is 16.2 Å². The van der Waals surface area contributed by atoms with Gasteiger partial charge in [-0.15, -0.1) is 11.3 Å². The Morgan fingerprint density at radius 3 is 2.31 bits per heavy atom. The molecule has 0 spiro atoms. The molecule has 5 nitrogen and oxygen atoms in total. The molecule has 0 radical (unpaired) electrons. The third kappa shape index (κ3) is 4.26. The number of carbonyl (C=O) groups excluding carboxylic acids is 1. The maximum Gasteiger partial charge on any atom is 0.328 e. The van der Waals surface area contributed by atoms with Crippen LogP contribution in [0.5, 0.6) is 17.2 Å². The molecule has 0 unspecified atom stereocenters. The molecule has 2 N–H and O–H groups in total. The van der Waals surface area contributed by atoms with Gasteiger partial charge in [-0.3, -0.25) is 4.79 Å². The lowest BCUT2D eigenvalue weighted by atomic mass is 9.98. The Bertz CT molecular complexity index is 1340. The lowest BCUT2D eigenvalue weighted by Gasteiger charge is -2.11. The number of hydrogen-bond donors (Lipinski definition) is 2. The quantitative estimate of drug-likeness (QED) is 0.268. The molecule has 0 amide bonds. The van der Waals surface area contributed by atoms with Crippen molar-refractivity contribution in [2.45, 2.75) is 13.8 Å². The number of thiophene rings is 1. The molecule has 0 saturated carbocycles. The first-order chi connectivity index (χ1) is 15.3. The molecule has 1 aromatic heterocycles. The molecule has 0 aliphatic heterocycles. The molecule has 6 heteroatoms. The lowest BCUT2D eigenvalue weighted by Crippen LogP contribution is -2.05. The van der Waals surface area contributed by atoms with E-state index in [2.05, 4.69) is 0 Å². The maximum atomic E-state index is 13.6. The monoisotopic (exact) mass is 444 g/mol. The zero-order chi connectivity index (χ0) is 22.8. The summed E-state index contributed by atoms with van der Waals surface area (Å²) in [5.41, 5.74) is 3.13. The lowest BCUT2D eigenvalue weighted by molar-refractivity contribution is -0.131. The van der Waals surface area contributed by atoms with Crippen LogP contribution in [0.15, 0.2) is 66.7 Å².